The average molecular weight is 248 g/mol. The number of anilines is 1. The molecule has 1 saturated heterocycles. The Kier molecular flexibility index (Phi) is 4.48. The molecule has 0 spiro atoms. The monoisotopic (exact) mass is 248 g/mol. The smallest absolute Gasteiger partial charge is 0.144 e. The molecule has 1 aromatic rings. The molecule has 3 heteroatoms. The van der Waals surface area contributed by atoms with Gasteiger partial charge in [0, 0.05) is 6.54 Å². The highest BCUT2D eigenvalue weighted by atomic mass is 16.5. The lowest BCUT2D eigenvalue weighted by Crippen LogP contribution is -2.13. The van der Waals surface area contributed by atoms with E-state index >= 15 is 0 Å². The zero-order chi connectivity index (χ0) is 13.0. The number of ether oxygens (including phenoxy) is 1. The lowest BCUT2D eigenvalue weighted by Gasteiger charge is -2.16. The average Bonchev–Trinajstić information content (AvgIpc) is 2.81. The van der Waals surface area contributed by atoms with Gasteiger partial charge in [-0.25, -0.2) is 0 Å². The first-order valence-electron chi connectivity index (χ1n) is 6.80. The molecule has 2 N–H and O–H groups in total. The van der Waals surface area contributed by atoms with E-state index in [2.05, 4.69) is 36.6 Å². The lowest BCUT2D eigenvalue weighted by molar-refractivity contribution is 0.413. The van der Waals surface area contributed by atoms with Crippen molar-refractivity contribution < 1.29 is 4.74 Å². The Hall–Kier alpha value is -1.22. The summed E-state index contributed by atoms with van der Waals surface area (Å²) in [5, 5.41) is 6.93. The minimum absolute atomic E-state index is 0.828. The lowest BCUT2D eigenvalue weighted by atomic mass is 10.0. The molecule has 0 radical (unpaired) electrons. The predicted octanol–water partition coefficient (Wildman–Crippen LogP) is 2.72. The molecule has 1 heterocycles. The van der Waals surface area contributed by atoms with Crippen molar-refractivity contribution in [3.8, 4) is 5.75 Å². The highest BCUT2D eigenvalue weighted by Crippen LogP contribution is 2.30. The topological polar surface area (TPSA) is 33.3 Å². The van der Waals surface area contributed by atoms with Crippen molar-refractivity contribution in [3.05, 3.63) is 23.3 Å². The van der Waals surface area contributed by atoms with Gasteiger partial charge in [-0.3, -0.25) is 0 Å². The number of rotatable bonds is 5. The molecule has 0 aromatic heterocycles. The summed E-state index contributed by atoms with van der Waals surface area (Å²) < 4.78 is 5.48. The van der Waals surface area contributed by atoms with Gasteiger partial charge >= 0.3 is 0 Å². The van der Waals surface area contributed by atoms with E-state index in [0.29, 0.717) is 0 Å². The van der Waals surface area contributed by atoms with Crippen LogP contribution in [0.5, 0.6) is 5.75 Å². The Morgan fingerprint density at radius 3 is 2.89 bits per heavy atom. The summed E-state index contributed by atoms with van der Waals surface area (Å²) in [6.07, 6.45) is 2.54. The van der Waals surface area contributed by atoms with Gasteiger partial charge in [0.25, 0.3) is 0 Å². The van der Waals surface area contributed by atoms with Crippen molar-refractivity contribution in [2.24, 2.45) is 5.92 Å². The standard InChI is InChI=1S/C15H24N2O/c1-11-8-12(2)15(18-3)14(9-11)17-7-5-13-4-6-16-10-13/h8-9,13,16-17H,4-7,10H2,1-3H3. The van der Waals surface area contributed by atoms with Crippen LogP contribution < -0.4 is 15.4 Å². The van der Waals surface area contributed by atoms with Crippen LogP contribution in [0.2, 0.25) is 0 Å². The molecule has 0 bridgehead atoms. The van der Waals surface area contributed by atoms with E-state index in [1.54, 1.807) is 7.11 Å². The van der Waals surface area contributed by atoms with Crippen molar-refractivity contribution in [2.75, 3.05) is 32.1 Å². The fourth-order valence-electron chi connectivity index (χ4n) is 2.73. The molecule has 1 aliphatic rings. The molecular formula is C15H24N2O. The van der Waals surface area contributed by atoms with Gasteiger partial charge in [0.1, 0.15) is 5.75 Å². The Balaban J connectivity index is 1.95. The summed E-state index contributed by atoms with van der Waals surface area (Å²) in [6, 6.07) is 4.32. The molecule has 1 unspecified atom stereocenters. The summed E-state index contributed by atoms with van der Waals surface area (Å²) in [5.41, 5.74) is 3.60. The number of methoxy groups -OCH3 is 1. The molecule has 3 nitrogen and oxygen atoms in total. The number of hydrogen-bond donors (Lipinski definition) is 2. The van der Waals surface area contributed by atoms with Gasteiger partial charge in [0.15, 0.2) is 0 Å². The molecule has 1 atom stereocenters. The SMILES string of the molecule is COc1c(C)cc(C)cc1NCCC1CCNC1. The number of benzene rings is 1. The molecule has 0 aliphatic carbocycles. The third-order valence-electron chi connectivity index (χ3n) is 3.65. The van der Waals surface area contributed by atoms with Crippen molar-refractivity contribution in [1.29, 1.82) is 0 Å². The molecule has 1 fully saturated rings. The molecule has 1 aromatic carbocycles. The van der Waals surface area contributed by atoms with E-state index < -0.39 is 0 Å². The Morgan fingerprint density at radius 2 is 2.22 bits per heavy atom. The summed E-state index contributed by atoms with van der Waals surface area (Å²) in [4.78, 5) is 0. The minimum atomic E-state index is 0.828. The van der Waals surface area contributed by atoms with E-state index in [4.69, 9.17) is 4.74 Å². The normalized spacial score (nSPS) is 18.9. The van der Waals surface area contributed by atoms with Gasteiger partial charge in [0.2, 0.25) is 0 Å². The fourth-order valence-corrected chi connectivity index (χ4v) is 2.73. The largest absolute Gasteiger partial charge is 0.494 e. The van der Waals surface area contributed by atoms with E-state index in [-0.39, 0.29) is 0 Å². The Bertz CT molecular complexity index is 398. The van der Waals surface area contributed by atoms with Crippen LogP contribution in [0.25, 0.3) is 0 Å². The van der Waals surface area contributed by atoms with Gasteiger partial charge in [-0.2, -0.15) is 0 Å². The van der Waals surface area contributed by atoms with Gasteiger partial charge in [-0.1, -0.05) is 6.07 Å². The summed E-state index contributed by atoms with van der Waals surface area (Å²) in [7, 11) is 1.74. The number of hydrogen-bond acceptors (Lipinski definition) is 3. The van der Waals surface area contributed by atoms with Crippen LogP contribution in [0.15, 0.2) is 12.1 Å². The molecule has 2 rings (SSSR count). The number of aryl methyl sites for hydroxylation is 2. The fraction of sp³-hybridized carbons (Fsp3) is 0.600. The maximum atomic E-state index is 5.48. The second-order valence-electron chi connectivity index (χ2n) is 5.24. The van der Waals surface area contributed by atoms with Crippen LogP contribution in [0.4, 0.5) is 5.69 Å². The van der Waals surface area contributed by atoms with E-state index in [9.17, 15) is 0 Å². The molecular weight excluding hydrogens is 224 g/mol. The first kappa shape index (κ1) is 13.2. The zero-order valence-electron chi connectivity index (χ0n) is 11.7. The quantitative estimate of drug-likeness (QED) is 0.840. The highest BCUT2D eigenvalue weighted by Gasteiger charge is 2.14. The van der Waals surface area contributed by atoms with E-state index in [0.717, 1.165) is 23.9 Å². The number of nitrogens with one attached hydrogen (secondary N) is 2. The highest BCUT2D eigenvalue weighted by molar-refractivity contribution is 5.61. The van der Waals surface area contributed by atoms with Crippen molar-refractivity contribution >= 4 is 5.69 Å². The third-order valence-corrected chi connectivity index (χ3v) is 3.65. The predicted molar refractivity (Wildman–Crippen MR) is 76.6 cm³/mol. The zero-order valence-corrected chi connectivity index (χ0v) is 11.7. The molecule has 1 aliphatic heterocycles. The van der Waals surface area contributed by atoms with Gasteiger partial charge in [0.05, 0.1) is 12.8 Å². The van der Waals surface area contributed by atoms with Crippen LogP contribution in [-0.2, 0) is 0 Å². The summed E-state index contributed by atoms with van der Waals surface area (Å²) in [5.74, 6) is 1.81. The van der Waals surface area contributed by atoms with Crippen LogP contribution in [0, 0.1) is 19.8 Å². The van der Waals surface area contributed by atoms with Crippen molar-refractivity contribution in [3.63, 3.8) is 0 Å². The maximum Gasteiger partial charge on any atom is 0.144 e. The van der Waals surface area contributed by atoms with E-state index in [1.807, 2.05) is 0 Å². The first-order chi connectivity index (χ1) is 8.70. The van der Waals surface area contributed by atoms with Crippen LogP contribution in [-0.4, -0.2) is 26.7 Å². The van der Waals surface area contributed by atoms with Gasteiger partial charge in [-0.15, -0.1) is 0 Å². The van der Waals surface area contributed by atoms with Gasteiger partial charge in [-0.05, 0) is 62.9 Å². The molecule has 0 amide bonds. The first-order valence-corrected chi connectivity index (χ1v) is 6.80. The third kappa shape index (κ3) is 3.16. The molecule has 0 saturated carbocycles. The van der Waals surface area contributed by atoms with Crippen LogP contribution in [0.1, 0.15) is 24.0 Å². The summed E-state index contributed by atoms with van der Waals surface area (Å²) >= 11 is 0. The van der Waals surface area contributed by atoms with Crippen molar-refractivity contribution in [2.45, 2.75) is 26.7 Å². The molecule has 100 valence electrons. The second kappa shape index (κ2) is 6.10. The van der Waals surface area contributed by atoms with Crippen LogP contribution in [0.3, 0.4) is 0 Å². The summed E-state index contributed by atoms with van der Waals surface area (Å²) in [6.45, 7) is 7.59. The van der Waals surface area contributed by atoms with E-state index in [1.165, 1.54) is 37.1 Å². The maximum absolute atomic E-state index is 5.48. The van der Waals surface area contributed by atoms with Gasteiger partial charge < -0.3 is 15.4 Å². The molecule has 18 heavy (non-hydrogen) atoms. The second-order valence-corrected chi connectivity index (χ2v) is 5.24. The Morgan fingerprint density at radius 1 is 1.39 bits per heavy atom. The Labute approximate surface area is 110 Å². The minimum Gasteiger partial charge on any atom is -0.494 e. The van der Waals surface area contributed by atoms with Crippen molar-refractivity contribution in [1.82, 2.24) is 5.32 Å². The van der Waals surface area contributed by atoms with Crippen LogP contribution >= 0.6 is 0 Å².